The summed E-state index contributed by atoms with van der Waals surface area (Å²) in [5, 5.41) is 0.686. The van der Waals surface area contributed by atoms with Crippen molar-refractivity contribution in [3.8, 4) is 11.5 Å². The van der Waals surface area contributed by atoms with Gasteiger partial charge in [0, 0.05) is 5.02 Å². The minimum Gasteiger partial charge on any atom is -0.482 e. The molecule has 110 valence electrons. The highest BCUT2D eigenvalue weighted by Gasteiger charge is 2.09. The second-order valence-corrected chi connectivity index (χ2v) is 5.33. The molecular weight excluding hydrogens is 288 g/mol. The van der Waals surface area contributed by atoms with Gasteiger partial charge in [-0.1, -0.05) is 23.7 Å². The molecular formula is C17H17ClO3. The topological polar surface area (TPSA) is 35.5 Å². The van der Waals surface area contributed by atoms with Crippen LogP contribution in [0, 0.1) is 20.8 Å². The maximum atomic E-state index is 11.8. The Labute approximate surface area is 129 Å². The van der Waals surface area contributed by atoms with E-state index in [1.165, 1.54) is 0 Å². The molecule has 0 fully saturated rings. The van der Waals surface area contributed by atoms with Crippen LogP contribution >= 0.6 is 11.6 Å². The molecule has 0 bridgehead atoms. The molecule has 21 heavy (non-hydrogen) atoms. The minimum atomic E-state index is -0.447. The second kappa shape index (κ2) is 6.64. The van der Waals surface area contributed by atoms with Crippen LogP contribution in [0.3, 0.4) is 0 Å². The van der Waals surface area contributed by atoms with E-state index in [-0.39, 0.29) is 6.61 Å². The molecule has 0 N–H and O–H groups in total. The fourth-order valence-electron chi connectivity index (χ4n) is 1.97. The summed E-state index contributed by atoms with van der Waals surface area (Å²) < 4.78 is 10.7. The van der Waals surface area contributed by atoms with E-state index in [9.17, 15) is 4.79 Å². The van der Waals surface area contributed by atoms with Crippen molar-refractivity contribution < 1.29 is 14.3 Å². The molecule has 2 aromatic rings. The Balaban J connectivity index is 1.96. The number of hydrogen-bond acceptors (Lipinski definition) is 3. The lowest BCUT2D eigenvalue weighted by Gasteiger charge is -2.09. The zero-order valence-corrected chi connectivity index (χ0v) is 13.0. The molecule has 0 heterocycles. The Bertz CT molecular complexity index is 642. The van der Waals surface area contributed by atoms with Gasteiger partial charge in [-0.3, -0.25) is 0 Å². The van der Waals surface area contributed by atoms with E-state index < -0.39 is 5.97 Å². The van der Waals surface area contributed by atoms with Crippen LogP contribution in [-0.4, -0.2) is 12.6 Å². The van der Waals surface area contributed by atoms with Crippen LogP contribution in [0.5, 0.6) is 11.5 Å². The number of aryl methyl sites for hydroxylation is 3. The number of rotatable bonds is 4. The predicted octanol–water partition coefficient (Wildman–Crippen LogP) is 4.25. The number of esters is 1. The van der Waals surface area contributed by atoms with Crippen LogP contribution in [0.15, 0.2) is 36.4 Å². The summed E-state index contributed by atoms with van der Waals surface area (Å²) in [4.78, 5) is 11.8. The van der Waals surface area contributed by atoms with Gasteiger partial charge < -0.3 is 9.47 Å². The van der Waals surface area contributed by atoms with E-state index in [0.717, 1.165) is 16.7 Å². The van der Waals surface area contributed by atoms with Gasteiger partial charge in [-0.25, -0.2) is 4.79 Å². The van der Waals surface area contributed by atoms with Gasteiger partial charge in [-0.2, -0.15) is 0 Å². The van der Waals surface area contributed by atoms with E-state index in [1.807, 2.05) is 39.0 Å². The smallest absolute Gasteiger partial charge is 0.349 e. The number of benzene rings is 2. The maximum absolute atomic E-state index is 11.8. The summed E-state index contributed by atoms with van der Waals surface area (Å²) in [6, 6.07) is 11.0. The fraction of sp³-hybridized carbons (Fsp3) is 0.235. The molecule has 0 unspecified atom stereocenters. The molecule has 0 radical (unpaired) electrons. The highest BCUT2D eigenvalue weighted by molar-refractivity contribution is 6.32. The number of ether oxygens (including phenoxy) is 2. The summed E-state index contributed by atoms with van der Waals surface area (Å²) in [6.07, 6.45) is 0. The first-order valence-electron chi connectivity index (χ1n) is 6.62. The zero-order chi connectivity index (χ0) is 15.4. The lowest BCUT2D eigenvalue weighted by molar-refractivity contribution is -0.136. The van der Waals surface area contributed by atoms with E-state index in [1.54, 1.807) is 18.2 Å². The Morgan fingerprint density at radius 1 is 1.05 bits per heavy atom. The molecule has 2 rings (SSSR count). The first-order chi connectivity index (χ1) is 9.95. The van der Waals surface area contributed by atoms with Crippen molar-refractivity contribution >= 4 is 17.6 Å². The van der Waals surface area contributed by atoms with Gasteiger partial charge in [0.15, 0.2) is 6.61 Å². The molecule has 0 aromatic heterocycles. The summed E-state index contributed by atoms with van der Waals surface area (Å²) in [5.74, 6) is 0.681. The standard InChI is InChI=1S/C17H17ClO3/c1-11-5-4-6-14(7-11)20-10-16(19)21-15-8-12(2)17(18)13(3)9-15/h4-9H,10H2,1-3H3. The van der Waals surface area contributed by atoms with Crippen molar-refractivity contribution in [2.75, 3.05) is 6.61 Å². The number of carbonyl (C=O) groups excluding carboxylic acids is 1. The third kappa shape index (κ3) is 4.23. The average molecular weight is 305 g/mol. The third-order valence-electron chi connectivity index (χ3n) is 2.99. The van der Waals surface area contributed by atoms with E-state index in [2.05, 4.69) is 0 Å². The summed E-state index contributed by atoms with van der Waals surface area (Å²) in [7, 11) is 0. The minimum absolute atomic E-state index is 0.135. The van der Waals surface area contributed by atoms with Gasteiger partial charge in [0.1, 0.15) is 11.5 Å². The van der Waals surface area contributed by atoms with Crippen LogP contribution < -0.4 is 9.47 Å². The molecule has 0 aliphatic carbocycles. The molecule has 0 spiro atoms. The van der Waals surface area contributed by atoms with Gasteiger partial charge >= 0.3 is 5.97 Å². The quantitative estimate of drug-likeness (QED) is 0.626. The van der Waals surface area contributed by atoms with Gasteiger partial charge in [0.05, 0.1) is 0 Å². The Morgan fingerprint density at radius 3 is 2.33 bits per heavy atom. The van der Waals surface area contributed by atoms with Gasteiger partial charge in [0.2, 0.25) is 0 Å². The molecule has 3 nitrogen and oxygen atoms in total. The fourth-order valence-corrected chi connectivity index (χ4v) is 2.08. The molecule has 0 saturated carbocycles. The third-order valence-corrected chi connectivity index (χ3v) is 3.58. The lowest BCUT2D eigenvalue weighted by atomic mass is 10.1. The van der Waals surface area contributed by atoms with E-state index in [4.69, 9.17) is 21.1 Å². The van der Waals surface area contributed by atoms with Crippen molar-refractivity contribution in [1.82, 2.24) is 0 Å². The normalized spacial score (nSPS) is 10.3. The first-order valence-corrected chi connectivity index (χ1v) is 7.00. The number of halogens is 1. The molecule has 0 aliphatic heterocycles. The van der Waals surface area contributed by atoms with Crippen molar-refractivity contribution in [1.29, 1.82) is 0 Å². The predicted molar refractivity (Wildman–Crippen MR) is 83.2 cm³/mol. The highest BCUT2D eigenvalue weighted by Crippen LogP contribution is 2.26. The SMILES string of the molecule is Cc1cccc(OCC(=O)Oc2cc(C)c(Cl)c(C)c2)c1. The Kier molecular flexibility index (Phi) is 4.86. The van der Waals surface area contributed by atoms with Crippen LogP contribution in [0.2, 0.25) is 5.02 Å². The van der Waals surface area contributed by atoms with Crippen LogP contribution in [0.1, 0.15) is 16.7 Å². The van der Waals surface area contributed by atoms with Crippen molar-refractivity contribution in [2.45, 2.75) is 20.8 Å². The number of carbonyl (C=O) groups is 1. The van der Waals surface area contributed by atoms with Crippen molar-refractivity contribution in [3.63, 3.8) is 0 Å². The summed E-state index contributed by atoms with van der Waals surface area (Å²) >= 11 is 6.08. The largest absolute Gasteiger partial charge is 0.482 e. The van der Waals surface area contributed by atoms with Gasteiger partial charge in [0.25, 0.3) is 0 Å². The molecule has 0 saturated heterocycles. The maximum Gasteiger partial charge on any atom is 0.349 e. The number of hydrogen-bond donors (Lipinski definition) is 0. The Hall–Kier alpha value is -2.00. The first kappa shape index (κ1) is 15.4. The molecule has 4 heteroatoms. The molecule has 0 amide bonds. The Morgan fingerprint density at radius 2 is 1.71 bits per heavy atom. The summed E-state index contributed by atoms with van der Waals surface area (Å²) in [5.41, 5.74) is 2.82. The van der Waals surface area contributed by atoms with Crippen LogP contribution in [0.4, 0.5) is 0 Å². The van der Waals surface area contributed by atoms with Crippen molar-refractivity contribution in [3.05, 3.63) is 58.1 Å². The van der Waals surface area contributed by atoms with E-state index in [0.29, 0.717) is 16.5 Å². The zero-order valence-electron chi connectivity index (χ0n) is 12.3. The highest BCUT2D eigenvalue weighted by atomic mass is 35.5. The summed E-state index contributed by atoms with van der Waals surface area (Å²) in [6.45, 7) is 5.57. The molecule has 0 aliphatic rings. The van der Waals surface area contributed by atoms with E-state index >= 15 is 0 Å². The van der Waals surface area contributed by atoms with Crippen molar-refractivity contribution in [2.24, 2.45) is 0 Å². The second-order valence-electron chi connectivity index (χ2n) is 4.95. The van der Waals surface area contributed by atoms with Gasteiger partial charge in [-0.15, -0.1) is 0 Å². The molecule has 0 atom stereocenters. The van der Waals surface area contributed by atoms with Crippen LogP contribution in [0.25, 0.3) is 0 Å². The van der Waals surface area contributed by atoms with Gasteiger partial charge in [-0.05, 0) is 61.7 Å². The van der Waals surface area contributed by atoms with Crippen LogP contribution in [-0.2, 0) is 4.79 Å². The lowest BCUT2D eigenvalue weighted by Crippen LogP contribution is -2.17. The molecule has 2 aromatic carbocycles. The average Bonchev–Trinajstić information content (AvgIpc) is 2.42. The monoisotopic (exact) mass is 304 g/mol.